The Morgan fingerprint density at radius 3 is 2.37 bits per heavy atom. The van der Waals surface area contributed by atoms with Crippen molar-refractivity contribution in [3.8, 4) is 0 Å². The molecule has 2 aromatic heterocycles. The number of hydrogen-bond acceptors (Lipinski definition) is 9. The minimum Gasteiger partial charge on any atom is -0.379 e. The number of imidazole rings is 1. The highest BCUT2D eigenvalue weighted by Crippen LogP contribution is 2.30. The zero-order chi connectivity index (χ0) is 26.1. The van der Waals surface area contributed by atoms with Crippen LogP contribution in [0.3, 0.4) is 0 Å². The summed E-state index contributed by atoms with van der Waals surface area (Å²) in [6, 6.07) is 0.554. The van der Waals surface area contributed by atoms with E-state index in [1.54, 1.807) is 0 Å². The lowest BCUT2D eigenvalue weighted by atomic mass is 10.0. The molecule has 0 aromatic carbocycles. The first kappa shape index (κ1) is 25.4. The number of rotatable bonds is 6. The summed E-state index contributed by atoms with van der Waals surface area (Å²) >= 11 is 0. The van der Waals surface area contributed by atoms with Gasteiger partial charge in [0.25, 0.3) is 0 Å². The van der Waals surface area contributed by atoms with Gasteiger partial charge in [-0.1, -0.05) is 25.2 Å². The van der Waals surface area contributed by atoms with E-state index in [0.717, 1.165) is 76.7 Å². The highest BCUT2D eigenvalue weighted by molar-refractivity contribution is 5.96. The van der Waals surface area contributed by atoms with E-state index in [-0.39, 0.29) is 5.91 Å². The Labute approximate surface area is 223 Å². The fourth-order valence-electron chi connectivity index (χ4n) is 5.86. The minimum absolute atomic E-state index is 0.197. The molecule has 1 unspecified atom stereocenters. The van der Waals surface area contributed by atoms with Crippen LogP contribution in [-0.2, 0) is 16.0 Å². The van der Waals surface area contributed by atoms with Crippen LogP contribution in [0.25, 0.3) is 16.7 Å². The molecule has 1 atom stereocenters. The van der Waals surface area contributed by atoms with E-state index in [4.69, 9.17) is 24.4 Å². The molecule has 4 aliphatic rings. The molecule has 2 aromatic rings. The Morgan fingerprint density at radius 1 is 1.00 bits per heavy atom. The molecule has 0 saturated carbocycles. The number of nitrogens with zero attached hydrogens (tertiary/aromatic N) is 7. The van der Waals surface area contributed by atoms with Crippen molar-refractivity contribution >= 4 is 28.5 Å². The van der Waals surface area contributed by atoms with Crippen molar-refractivity contribution in [1.29, 1.82) is 0 Å². The van der Waals surface area contributed by atoms with Gasteiger partial charge in [-0.15, -0.1) is 0 Å². The van der Waals surface area contributed by atoms with Gasteiger partial charge in [0, 0.05) is 57.4 Å². The SMILES string of the molecule is CCn1c(C(=O)NN2CCC(N3CCOCC3)CC2)nc2c(N3CCOCC3)nc(C3=CC(C)C=C3)nc21. The lowest BCUT2D eigenvalue weighted by Crippen LogP contribution is -2.53. The second-order valence-corrected chi connectivity index (χ2v) is 10.5. The number of morpholine rings is 2. The fourth-order valence-corrected chi connectivity index (χ4v) is 5.86. The third-order valence-corrected chi connectivity index (χ3v) is 7.97. The molecule has 11 nitrogen and oxygen atoms in total. The van der Waals surface area contributed by atoms with E-state index < -0.39 is 0 Å². The molecule has 3 aliphatic heterocycles. The maximum atomic E-state index is 13.5. The van der Waals surface area contributed by atoms with Gasteiger partial charge in [-0.05, 0) is 25.7 Å². The Balaban J connectivity index is 1.26. The van der Waals surface area contributed by atoms with Crippen molar-refractivity contribution in [2.45, 2.75) is 39.3 Å². The number of aryl methyl sites for hydroxylation is 1. The summed E-state index contributed by atoms with van der Waals surface area (Å²) in [6.45, 7) is 12.8. The standard InChI is InChI=1S/C27H38N8O3/c1-3-35-25-22(24(33-12-16-38-17-13-33)29-23(30-25)20-5-4-19(2)18-20)28-26(35)27(36)31-34-8-6-21(7-9-34)32-10-14-37-15-11-32/h4-5,18-19,21H,3,6-17H2,1-2H3,(H,31,36). The van der Waals surface area contributed by atoms with Crippen LogP contribution in [0.2, 0.25) is 0 Å². The highest BCUT2D eigenvalue weighted by Gasteiger charge is 2.29. The number of aromatic nitrogens is 4. The molecule has 11 heteroatoms. The van der Waals surface area contributed by atoms with Crippen molar-refractivity contribution in [3.05, 3.63) is 29.9 Å². The molecule has 0 radical (unpaired) electrons. The van der Waals surface area contributed by atoms with E-state index in [1.165, 1.54) is 0 Å². The molecule has 5 heterocycles. The Kier molecular flexibility index (Phi) is 7.42. The molecule has 3 fully saturated rings. The fraction of sp³-hybridized carbons (Fsp3) is 0.630. The zero-order valence-electron chi connectivity index (χ0n) is 22.4. The van der Waals surface area contributed by atoms with Crippen molar-refractivity contribution < 1.29 is 14.3 Å². The molecule has 3 saturated heterocycles. The summed E-state index contributed by atoms with van der Waals surface area (Å²) in [7, 11) is 0. The first-order valence-corrected chi connectivity index (χ1v) is 14.0. The summed E-state index contributed by atoms with van der Waals surface area (Å²) in [5.41, 5.74) is 5.51. The van der Waals surface area contributed by atoms with E-state index in [9.17, 15) is 4.79 Å². The Bertz CT molecular complexity index is 1220. The van der Waals surface area contributed by atoms with Gasteiger partial charge in [0.05, 0.1) is 26.4 Å². The smallest absolute Gasteiger partial charge is 0.301 e. The molecular weight excluding hydrogens is 484 g/mol. The summed E-state index contributed by atoms with van der Waals surface area (Å²) in [6.07, 6.45) is 8.46. The maximum Gasteiger partial charge on any atom is 0.301 e. The monoisotopic (exact) mass is 522 g/mol. The molecule has 0 bridgehead atoms. The lowest BCUT2D eigenvalue weighted by Gasteiger charge is -2.39. The quantitative estimate of drug-likeness (QED) is 0.608. The number of hydrogen-bond donors (Lipinski definition) is 1. The van der Waals surface area contributed by atoms with Crippen molar-refractivity contribution in [1.82, 2.24) is 34.9 Å². The molecule has 6 rings (SSSR count). The van der Waals surface area contributed by atoms with Crippen LogP contribution in [0, 0.1) is 5.92 Å². The van der Waals surface area contributed by atoms with Crippen LogP contribution < -0.4 is 10.3 Å². The topological polar surface area (TPSA) is 101 Å². The first-order chi connectivity index (χ1) is 18.6. The number of fused-ring (bicyclic) bond motifs is 1. The van der Waals surface area contributed by atoms with Crippen LogP contribution in [0.1, 0.15) is 43.1 Å². The van der Waals surface area contributed by atoms with Gasteiger partial charge in [0.1, 0.15) is 0 Å². The van der Waals surface area contributed by atoms with E-state index in [1.807, 2.05) is 16.5 Å². The predicted molar refractivity (Wildman–Crippen MR) is 145 cm³/mol. The normalized spacial score (nSPS) is 23.8. The summed E-state index contributed by atoms with van der Waals surface area (Å²) < 4.78 is 13.0. The number of anilines is 1. The van der Waals surface area contributed by atoms with Gasteiger partial charge in [-0.2, -0.15) is 0 Å². The number of carbonyl (C=O) groups excluding carboxylic acids is 1. The summed E-state index contributed by atoms with van der Waals surface area (Å²) in [5.74, 6) is 1.97. The predicted octanol–water partition coefficient (Wildman–Crippen LogP) is 1.71. The largest absolute Gasteiger partial charge is 0.379 e. The van der Waals surface area contributed by atoms with Gasteiger partial charge in [-0.3, -0.25) is 15.1 Å². The van der Waals surface area contributed by atoms with Crippen molar-refractivity contribution in [3.63, 3.8) is 0 Å². The maximum absolute atomic E-state index is 13.5. The second-order valence-electron chi connectivity index (χ2n) is 10.5. The van der Waals surface area contributed by atoms with Crippen LogP contribution in [0.5, 0.6) is 0 Å². The van der Waals surface area contributed by atoms with Gasteiger partial charge in [0.2, 0.25) is 5.82 Å². The first-order valence-electron chi connectivity index (χ1n) is 14.0. The van der Waals surface area contributed by atoms with E-state index in [0.29, 0.717) is 54.5 Å². The van der Waals surface area contributed by atoms with E-state index in [2.05, 4.69) is 40.4 Å². The summed E-state index contributed by atoms with van der Waals surface area (Å²) in [5, 5.41) is 2.04. The Hall–Kier alpha value is -2.86. The molecule has 1 aliphatic carbocycles. The number of piperidine rings is 1. The Morgan fingerprint density at radius 2 is 1.71 bits per heavy atom. The third kappa shape index (κ3) is 5.07. The molecule has 1 N–H and O–H groups in total. The zero-order valence-corrected chi connectivity index (χ0v) is 22.4. The number of hydrazine groups is 1. The third-order valence-electron chi connectivity index (χ3n) is 7.97. The molecule has 38 heavy (non-hydrogen) atoms. The number of allylic oxidation sites excluding steroid dienone is 4. The van der Waals surface area contributed by atoms with Crippen LogP contribution in [0.15, 0.2) is 18.2 Å². The molecule has 204 valence electrons. The van der Waals surface area contributed by atoms with Crippen LogP contribution in [-0.4, -0.2) is 107 Å². The second kappa shape index (κ2) is 11.1. The van der Waals surface area contributed by atoms with Gasteiger partial charge in [0.15, 0.2) is 22.8 Å². The molecule has 0 spiro atoms. The number of amides is 1. The number of ether oxygens (including phenoxy) is 2. The van der Waals surface area contributed by atoms with Crippen LogP contribution in [0.4, 0.5) is 5.82 Å². The molecular formula is C27H38N8O3. The van der Waals surface area contributed by atoms with Gasteiger partial charge < -0.3 is 18.9 Å². The number of nitrogens with one attached hydrogen (secondary N) is 1. The lowest BCUT2D eigenvalue weighted by molar-refractivity contribution is -0.00391. The average Bonchev–Trinajstić information content (AvgIpc) is 3.57. The van der Waals surface area contributed by atoms with Gasteiger partial charge in [-0.25, -0.2) is 20.0 Å². The van der Waals surface area contributed by atoms with E-state index >= 15 is 0 Å². The van der Waals surface area contributed by atoms with Gasteiger partial charge >= 0.3 is 5.91 Å². The average molecular weight is 523 g/mol. The van der Waals surface area contributed by atoms with Crippen LogP contribution >= 0.6 is 0 Å². The molecule has 1 amide bonds. The minimum atomic E-state index is -0.197. The van der Waals surface area contributed by atoms with Crippen molar-refractivity contribution in [2.24, 2.45) is 5.92 Å². The number of carbonyl (C=O) groups is 1. The summed E-state index contributed by atoms with van der Waals surface area (Å²) in [4.78, 5) is 33.0. The van der Waals surface area contributed by atoms with Crippen molar-refractivity contribution in [2.75, 3.05) is 70.6 Å². The highest BCUT2D eigenvalue weighted by atomic mass is 16.5.